The number of tetrazole rings is 1. The molecule has 0 spiro atoms. The number of nitrogens with one attached hydrogen (secondary N) is 2. The topological polar surface area (TPSA) is 78.9 Å². The van der Waals surface area contributed by atoms with Gasteiger partial charge in [-0.05, 0) is 22.3 Å². The summed E-state index contributed by atoms with van der Waals surface area (Å²) in [6, 6.07) is 8.24. The van der Waals surface area contributed by atoms with Crippen LogP contribution in [-0.2, 0) is 0 Å². The van der Waals surface area contributed by atoms with Crippen molar-refractivity contribution in [3.8, 4) is 0 Å². The number of anilines is 1. The summed E-state index contributed by atoms with van der Waals surface area (Å²) in [7, 11) is 0. The van der Waals surface area contributed by atoms with E-state index in [9.17, 15) is 0 Å². The molecule has 0 radical (unpaired) electrons. The Labute approximate surface area is 99.1 Å². The molecule has 2 N–H and O–H groups in total. The molecule has 0 bridgehead atoms. The van der Waals surface area contributed by atoms with Crippen molar-refractivity contribution < 1.29 is 0 Å². The van der Waals surface area contributed by atoms with Crippen LogP contribution in [0, 0.1) is 0 Å². The fraction of sp³-hybridized carbons (Fsp3) is 0.273. The predicted octanol–water partition coefficient (Wildman–Crippen LogP) is 1.77. The molecule has 1 aromatic carbocycles. The number of hydrogen-bond acceptors (Lipinski definition) is 5. The Morgan fingerprint density at radius 2 is 2.06 bits per heavy atom. The number of hydrazone groups is 1. The number of aromatic nitrogens is 4. The number of benzene rings is 1. The summed E-state index contributed by atoms with van der Waals surface area (Å²) in [6.45, 7) is 4.34. The van der Waals surface area contributed by atoms with Gasteiger partial charge in [0.1, 0.15) is 0 Å². The van der Waals surface area contributed by atoms with E-state index in [0.717, 1.165) is 5.56 Å². The van der Waals surface area contributed by atoms with Gasteiger partial charge in [0.25, 0.3) is 5.95 Å². The highest BCUT2D eigenvalue weighted by atomic mass is 15.5. The second-order valence-corrected chi connectivity index (χ2v) is 3.93. The first-order chi connectivity index (χ1) is 8.25. The van der Waals surface area contributed by atoms with Crippen molar-refractivity contribution in [3.63, 3.8) is 0 Å². The van der Waals surface area contributed by atoms with Gasteiger partial charge in [-0.15, -0.1) is 5.10 Å². The Bertz CT molecular complexity index is 471. The van der Waals surface area contributed by atoms with Gasteiger partial charge in [-0.2, -0.15) is 10.3 Å². The van der Waals surface area contributed by atoms with E-state index in [-0.39, 0.29) is 0 Å². The third-order valence-electron chi connectivity index (χ3n) is 2.33. The average molecular weight is 230 g/mol. The number of hydrogen-bond donors (Lipinski definition) is 2. The van der Waals surface area contributed by atoms with Gasteiger partial charge in [-0.3, -0.25) is 0 Å². The lowest BCUT2D eigenvalue weighted by Crippen LogP contribution is -1.93. The van der Waals surface area contributed by atoms with Crippen molar-refractivity contribution in [3.05, 3.63) is 35.4 Å². The van der Waals surface area contributed by atoms with Crippen molar-refractivity contribution >= 4 is 12.2 Å². The van der Waals surface area contributed by atoms with Crippen LogP contribution in [0.25, 0.3) is 0 Å². The Kier molecular flexibility index (Phi) is 3.44. The van der Waals surface area contributed by atoms with Gasteiger partial charge >= 0.3 is 0 Å². The van der Waals surface area contributed by atoms with Crippen molar-refractivity contribution in [1.82, 2.24) is 20.6 Å². The molecule has 6 heteroatoms. The van der Waals surface area contributed by atoms with Crippen LogP contribution in [-0.4, -0.2) is 26.8 Å². The van der Waals surface area contributed by atoms with Crippen LogP contribution in [0.1, 0.15) is 30.9 Å². The van der Waals surface area contributed by atoms with E-state index in [1.54, 1.807) is 6.21 Å². The molecule has 0 fully saturated rings. The highest BCUT2D eigenvalue weighted by Gasteiger charge is 1.97. The molecule has 1 heterocycles. The third kappa shape index (κ3) is 3.10. The highest BCUT2D eigenvalue weighted by Crippen LogP contribution is 2.13. The number of rotatable bonds is 4. The molecule has 88 valence electrons. The van der Waals surface area contributed by atoms with Gasteiger partial charge in [0.15, 0.2) is 0 Å². The molecule has 0 unspecified atom stereocenters. The zero-order valence-corrected chi connectivity index (χ0v) is 9.75. The molecule has 0 aliphatic carbocycles. The van der Waals surface area contributed by atoms with Gasteiger partial charge < -0.3 is 0 Å². The number of nitrogens with zero attached hydrogens (tertiary/aromatic N) is 4. The first-order valence-corrected chi connectivity index (χ1v) is 5.38. The van der Waals surface area contributed by atoms with Gasteiger partial charge in [-0.1, -0.05) is 43.2 Å². The molecule has 2 rings (SSSR count). The predicted molar refractivity (Wildman–Crippen MR) is 65.9 cm³/mol. The molecular weight excluding hydrogens is 216 g/mol. The lowest BCUT2D eigenvalue weighted by atomic mass is 10.0. The third-order valence-corrected chi connectivity index (χ3v) is 2.33. The normalized spacial score (nSPS) is 11.2. The van der Waals surface area contributed by atoms with Crippen molar-refractivity contribution in [2.45, 2.75) is 19.8 Å². The number of aromatic amines is 1. The summed E-state index contributed by atoms with van der Waals surface area (Å²) in [5.41, 5.74) is 5.00. The minimum atomic E-state index is 0.347. The monoisotopic (exact) mass is 230 g/mol. The molecule has 0 saturated heterocycles. The molecule has 0 aliphatic heterocycles. The van der Waals surface area contributed by atoms with E-state index >= 15 is 0 Å². The quantitative estimate of drug-likeness (QED) is 0.619. The summed E-state index contributed by atoms with van der Waals surface area (Å²) in [5.74, 6) is 0.887. The van der Waals surface area contributed by atoms with E-state index in [4.69, 9.17) is 0 Å². The standard InChI is InChI=1S/C11H14N6/c1-8(2)10-5-3-9(4-6-10)7-12-13-11-14-16-17-15-11/h3-8H,1-2H3,(H2,13,14,15,16,17)/b12-7+. The molecule has 1 aromatic heterocycles. The molecule has 6 nitrogen and oxygen atoms in total. The Hall–Kier alpha value is -2.24. The smallest absolute Gasteiger partial charge is 0.243 e. The van der Waals surface area contributed by atoms with Crippen LogP contribution in [0.2, 0.25) is 0 Å². The molecule has 0 saturated carbocycles. The first kappa shape index (κ1) is 11.3. The summed E-state index contributed by atoms with van der Waals surface area (Å²) in [4.78, 5) is 0. The fourth-order valence-corrected chi connectivity index (χ4v) is 1.34. The van der Waals surface area contributed by atoms with Crippen LogP contribution in [0.5, 0.6) is 0 Å². The highest BCUT2D eigenvalue weighted by molar-refractivity contribution is 5.80. The zero-order chi connectivity index (χ0) is 12.1. The summed E-state index contributed by atoms with van der Waals surface area (Å²) in [6.07, 6.45) is 1.71. The van der Waals surface area contributed by atoms with Crippen LogP contribution >= 0.6 is 0 Å². The van der Waals surface area contributed by atoms with Crippen LogP contribution in [0.3, 0.4) is 0 Å². The first-order valence-electron chi connectivity index (χ1n) is 5.38. The largest absolute Gasteiger partial charge is 0.283 e. The lowest BCUT2D eigenvalue weighted by Gasteiger charge is -2.04. The zero-order valence-electron chi connectivity index (χ0n) is 9.75. The average Bonchev–Trinajstić information content (AvgIpc) is 2.83. The fourth-order valence-electron chi connectivity index (χ4n) is 1.34. The van der Waals surface area contributed by atoms with E-state index < -0.39 is 0 Å². The maximum absolute atomic E-state index is 4.00. The van der Waals surface area contributed by atoms with Gasteiger partial charge in [0.05, 0.1) is 6.21 Å². The second kappa shape index (κ2) is 5.20. The molecule has 17 heavy (non-hydrogen) atoms. The minimum absolute atomic E-state index is 0.347. The molecule has 0 aliphatic rings. The van der Waals surface area contributed by atoms with Crippen molar-refractivity contribution in [1.29, 1.82) is 0 Å². The molecule has 0 atom stereocenters. The van der Waals surface area contributed by atoms with Crippen molar-refractivity contribution in [2.75, 3.05) is 5.43 Å². The van der Waals surface area contributed by atoms with Crippen LogP contribution in [0.4, 0.5) is 5.95 Å². The lowest BCUT2D eigenvalue weighted by molar-refractivity contribution is 0.866. The maximum atomic E-state index is 4.00. The maximum Gasteiger partial charge on any atom is 0.283 e. The molecule has 0 amide bonds. The van der Waals surface area contributed by atoms with Gasteiger partial charge in [0.2, 0.25) is 0 Å². The van der Waals surface area contributed by atoms with E-state index in [1.165, 1.54) is 5.56 Å². The van der Waals surface area contributed by atoms with E-state index in [2.05, 4.69) is 57.1 Å². The summed E-state index contributed by atoms with van der Waals surface area (Å²) in [5, 5.41) is 17.2. The van der Waals surface area contributed by atoms with Crippen LogP contribution in [0.15, 0.2) is 29.4 Å². The SMILES string of the molecule is CC(C)c1ccc(/C=N/Nc2nn[nH]n2)cc1. The molecular formula is C11H14N6. The van der Waals surface area contributed by atoms with Gasteiger partial charge in [-0.25, -0.2) is 5.43 Å². The Morgan fingerprint density at radius 3 is 2.65 bits per heavy atom. The minimum Gasteiger partial charge on any atom is -0.243 e. The van der Waals surface area contributed by atoms with E-state index in [0.29, 0.717) is 11.9 Å². The molecule has 2 aromatic rings. The summed E-state index contributed by atoms with van der Waals surface area (Å²) >= 11 is 0. The van der Waals surface area contributed by atoms with E-state index in [1.807, 2.05) is 12.1 Å². The van der Waals surface area contributed by atoms with Crippen LogP contribution < -0.4 is 5.43 Å². The van der Waals surface area contributed by atoms with Gasteiger partial charge in [0, 0.05) is 0 Å². The number of H-pyrrole nitrogens is 1. The Morgan fingerprint density at radius 1 is 1.29 bits per heavy atom. The second-order valence-electron chi connectivity index (χ2n) is 3.93. The summed E-state index contributed by atoms with van der Waals surface area (Å²) < 4.78 is 0. The Balaban J connectivity index is 1.96. The van der Waals surface area contributed by atoms with Crippen molar-refractivity contribution in [2.24, 2.45) is 5.10 Å².